The first-order valence-corrected chi connectivity index (χ1v) is 4.05. The Balaban J connectivity index is 3.58. The molecule has 1 aromatic rings. The molecule has 1 aromatic carbocycles. The van der Waals surface area contributed by atoms with E-state index in [0.29, 0.717) is 6.07 Å². The molecule has 74 valence electrons. The summed E-state index contributed by atoms with van der Waals surface area (Å²) in [6.07, 6.45) is -0.109. The lowest BCUT2D eigenvalue weighted by atomic mass is 10.2. The third-order valence-corrected chi connectivity index (χ3v) is 2.06. The van der Waals surface area contributed by atoms with Crippen molar-refractivity contribution >= 4 is 27.9 Å². The smallest absolute Gasteiger partial charge is 0.298 e. The van der Waals surface area contributed by atoms with Crippen molar-refractivity contribution in [3.05, 3.63) is 37.9 Å². The molecule has 0 aliphatic rings. The third kappa shape index (κ3) is 1.63. The van der Waals surface area contributed by atoms with Gasteiger partial charge in [0, 0.05) is 6.07 Å². The van der Waals surface area contributed by atoms with Crippen LogP contribution in [-0.2, 0) is 0 Å². The zero-order valence-electron chi connectivity index (χ0n) is 6.46. The molecule has 0 spiro atoms. The highest BCUT2D eigenvalue weighted by Crippen LogP contribution is 2.28. The van der Waals surface area contributed by atoms with E-state index in [1.807, 2.05) is 0 Å². The zero-order chi connectivity index (χ0) is 10.9. The highest BCUT2D eigenvalue weighted by atomic mass is 79.9. The SMILES string of the molecule is O=Cc1c(F)c(Br)cc([N+](=O)[O-])c1F. The van der Waals surface area contributed by atoms with Crippen LogP contribution in [0.3, 0.4) is 0 Å². The maximum Gasteiger partial charge on any atom is 0.306 e. The van der Waals surface area contributed by atoms with Crippen LogP contribution in [0.15, 0.2) is 10.5 Å². The summed E-state index contributed by atoms with van der Waals surface area (Å²) in [4.78, 5) is 19.5. The fourth-order valence-corrected chi connectivity index (χ4v) is 1.28. The van der Waals surface area contributed by atoms with Crippen molar-refractivity contribution in [1.29, 1.82) is 0 Å². The van der Waals surface area contributed by atoms with E-state index in [0.717, 1.165) is 0 Å². The topological polar surface area (TPSA) is 60.2 Å². The largest absolute Gasteiger partial charge is 0.306 e. The molecule has 7 heteroatoms. The molecule has 0 amide bonds. The summed E-state index contributed by atoms with van der Waals surface area (Å²) in [5, 5.41) is 10.3. The maximum absolute atomic E-state index is 13.0. The van der Waals surface area contributed by atoms with Crippen molar-refractivity contribution in [3.63, 3.8) is 0 Å². The van der Waals surface area contributed by atoms with Crippen LogP contribution in [0, 0.1) is 21.7 Å². The number of nitro groups is 1. The zero-order valence-corrected chi connectivity index (χ0v) is 8.05. The normalized spacial score (nSPS) is 9.93. The van der Waals surface area contributed by atoms with E-state index in [-0.39, 0.29) is 10.8 Å². The first kappa shape index (κ1) is 10.7. The van der Waals surface area contributed by atoms with Crippen LogP contribution in [0.5, 0.6) is 0 Å². The van der Waals surface area contributed by atoms with E-state index >= 15 is 0 Å². The molecule has 0 bridgehead atoms. The fourth-order valence-electron chi connectivity index (χ4n) is 0.846. The van der Waals surface area contributed by atoms with Crippen LogP contribution in [0.25, 0.3) is 0 Å². The third-order valence-electron chi connectivity index (χ3n) is 1.49. The van der Waals surface area contributed by atoms with Crippen molar-refractivity contribution in [2.75, 3.05) is 0 Å². The van der Waals surface area contributed by atoms with Crippen molar-refractivity contribution < 1.29 is 18.5 Å². The molecule has 0 saturated heterocycles. The number of hydrogen-bond donors (Lipinski definition) is 0. The number of benzene rings is 1. The second kappa shape index (κ2) is 3.79. The number of nitrogens with zero attached hydrogens (tertiary/aromatic N) is 1. The molecule has 0 fully saturated rings. The minimum Gasteiger partial charge on any atom is -0.298 e. The molecule has 0 aliphatic heterocycles. The Kier molecular flexibility index (Phi) is 2.90. The number of carbonyl (C=O) groups excluding carboxylic acids is 1. The van der Waals surface area contributed by atoms with Gasteiger partial charge in [0.1, 0.15) is 0 Å². The van der Waals surface area contributed by atoms with E-state index in [9.17, 15) is 23.7 Å². The molecule has 1 rings (SSSR count). The molecular formula is C7H2BrF2NO3. The van der Waals surface area contributed by atoms with Gasteiger partial charge in [-0.25, -0.2) is 4.39 Å². The van der Waals surface area contributed by atoms with Crippen LogP contribution >= 0.6 is 15.9 Å². The molecular weight excluding hydrogens is 264 g/mol. The number of halogens is 3. The van der Waals surface area contributed by atoms with E-state index in [1.165, 1.54) is 0 Å². The quantitative estimate of drug-likeness (QED) is 0.357. The van der Waals surface area contributed by atoms with Gasteiger partial charge in [0.15, 0.2) is 12.1 Å². The second-order valence-corrected chi connectivity index (χ2v) is 3.15. The van der Waals surface area contributed by atoms with Crippen molar-refractivity contribution in [3.8, 4) is 0 Å². The molecule has 0 aliphatic carbocycles. The van der Waals surface area contributed by atoms with Gasteiger partial charge in [-0.05, 0) is 15.9 Å². The van der Waals surface area contributed by atoms with Gasteiger partial charge in [-0.1, -0.05) is 0 Å². The Labute approximate surface area is 84.8 Å². The first-order valence-electron chi connectivity index (χ1n) is 3.26. The van der Waals surface area contributed by atoms with Gasteiger partial charge < -0.3 is 0 Å². The second-order valence-electron chi connectivity index (χ2n) is 2.29. The van der Waals surface area contributed by atoms with E-state index < -0.39 is 27.8 Å². The average molecular weight is 266 g/mol. The van der Waals surface area contributed by atoms with Crippen LogP contribution < -0.4 is 0 Å². The summed E-state index contributed by atoms with van der Waals surface area (Å²) in [6.45, 7) is 0. The van der Waals surface area contributed by atoms with Gasteiger partial charge in [-0.15, -0.1) is 0 Å². The molecule has 0 heterocycles. The molecule has 14 heavy (non-hydrogen) atoms. The van der Waals surface area contributed by atoms with Crippen LogP contribution in [0.4, 0.5) is 14.5 Å². The van der Waals surface area contributed by atoms with Crippen molar-refractivity contribution in [2.45, 2.75) is 0 Å². The number of aldehydes is 1. The monoisotopic (exact) mass is 265 g/mol. The van der Waals surface area contributed by atoms with Crippen molar-refractivity contribution in [1.82, 2.24) is 0 Å². The van der Waals surface area contributed by atoms with Crippen molar-refractivity contribution in [2.24, 2.45) is 0 Å². The predicted molar refractivity (Wildman–Crippen MR) is 46.1 cm³/mol. The van der Waals surface area contributed by atoms with Gasteiger partial charge in [0.25, 0.3) is 0 Å². The summed E-state index contributed by atoms with van der Waals surface area (Å²) in [5.41, 5.74) is -1.90. The number of hydrogen-bond acceptors (Lipinski definition) is 3. The van der Waals surface area contributed by atoms with E-state index in [4.69, 9.17) is 0 Å². The molecule has 0 N–H and O–H groups in total. The highest BCUT2D eigenvalue weighted by molar-refractivity contribution is 9.10. The standard InChI is InChI=1S/C7H2BrF2NO3/c8-4-1-5(11(13)14)7(10)3(2-12)6(4)9/h1-2H. The molecule has 4 nitrogen and oxygen atoms in total. The Hall–Kier alpha value is -1.37. The van der Waals surface area contributed by atoms with E-state index in [1.54, 1.807) is 0 Å². The molecule has 0 unspecified atom stereocenters. The summed E-state index contributed by atoms with van der Waals surface area (Å²) in [7, 11) is 0. The van der Waals surface area contributed by atoms with Gasteiger partial charge >= 0.3 is 5.69 Å². The summed E-state index contributed by atoms with van der Waals surface area (Å²) in [5.74, 6) is -2.62. The Morgan fingerprint density at radius 3 is 2.43 bits per heavy atom. The highest BCUT2D eigenvalue weighted by Gasteiger charge is 2.23. The molecule has 0 atom stereocenters. The Bertz CT molecular complexity index is 422. The average Bonchev–Trinajstić information content (AvgIpc) is 2.12. The van der Waals surface area contributed by atoms with E-state index in [2.05, 4.69) is 15.9 Å². The maximum atomic E-state index is 13.0. The van der Waals surface area contributed by atoms with Gasteiger partial charge in [0.05, 0.1) is 15.0 Å². The number of carbonyl (C=O) groups is 1. The number of rotatable bonds is 2. The molecule has 0 radical (unpaired) electrons. The van der Waals surface area contributed by atoms with Crippen LogP contribution in [0.1, 0.15) is 10.4 Å². The fraction of sp³-hybridized carbons (Fsp3) is 0. The lowest BCUT2D eigenvalue weighted by Gasteiger charge is -2.00. The Morgan fingerprint density at radius 2 is 2.00 bits per heavy atom. The summed E-state index contributed by atoms with van der Waals surface area (Å²) >= 11 is 2.64. The lowest BCUT2D eigenvalue weighted by molar-refractivity contribution is -0.387. The minimum absolute atomic E-state index is 0.109. The first-order chi connectivity index (χ1) is 6.49. The summed E-state index contributed by atoms with van der Waals surface area (Å²) < 4.78 is 25.7. The van der Waals surface area contributed by atoms with Gasteiger partial charge in [-0.2, -0.15) is 4.39 Å². The van der Waals surface area contributed by atoms with Crippen LogP contribution in [0.2, 0.25) is 0 Å². The molecule has 0 saturated carbocycles. The number of nitro benzene ring substituents is 1. The van der Waals surface area contributed by atoms with Crippen LogP contribution in [-0.4, -0.2) is 11.2 Å². The van der Waals surface area contributed by atoms with Gasteiger partial charge in [-0.3, -0.25) is 14.9 Å². The van der Waals surface area contributed by atoms with Gasteiger partial charge in [0.2, 0.25) is 5.82 Å². The predicted octanol–water partition coefficient (Wildman–Crippen LogP) is 2.45. The minimum atomic E-state index is -1.47. The lowest BCUT2D eigenvalue weighted by Crippen LogP contribution is -2.01. The Morgan fingerprint density at radius 1 is 1.43 bits per heavy atom. The summed E-state index contributed by atoms with van der Waals surface area (Å²) in [6, 6.07) is 0.664. The molecule has 0 aromatic heterocycles.